The van der Waals surface area contributed by atoms with E-state index in [2.05, 4.69) is 16.9 Å². The number of para-hydroxylation sites is 1. The van der Waals surface area contributed by atoms with Crippen molar-refractivity contribution >= 4 is 10.9 Å². The molecule has 3 aromatic rings. The van der Waals surface area contributed by atoms with Gasteiger partial charge in [0.25, 0.3) is 0 Å². The highest BCUT2D eigenvalue weighted by molar-refractivity contribution is 5.78. The van der Waals surface area contributed by atoms with Crippen LogP contribution in [-0.2, 0) is 6.54 Å². The summed E-state index contributed by atoms with van der Waals surface area (Å²) in [7, 11) is 0. The van der Waals surface area contributed by atoms with Gasteiger partial charge >= 0.3 is 0 Å². The molecule has 4 nitrogen and oxygen atoms in total. The van der Waals surface area contributed by atoms with Crippen LogP contribution in [0.2, 0.25) is 0 Å². The van der Waals surface area contributed by atoms with Gasteiger partial charge in [-0.25, -0.2) is 4.98 Å². The summed E-state index contributed by atoms with van der Waals surface area (Å²) in [5, 5.41) is 11.6. The van der Waals surface area contributed by atoms with Crippen molar-refractivity contribution in [1.82, 2.24) is 14.5 Å². The van der Waals surface area contributed by atoms with E-state index in [1.54, 1.807) is 18.7 Å². The largest absolute Gasteiger partial charge is 0.382 e. The lowest BCUT2D eigenvalue weighted by atomic mass is 10.1. The molecule has 0 aliphatic carbocycles. The number of aromatic nitrogens is 3. The summed E-state index contributed by atoms with van der Waals surface area (Å²) in [4.78, 5) is 8.53. The summed E-state index contributed by atoms with van der Waals surface area (Å²) >= 11 is 0. The first-order chi connectivity index (χ1) is 9.79. The first kappa shape index (κ1) is 12.8. The van der Waals surface area contributed by atoms with Crippen LogP contribution in [0.4, 0.5) is 0 Å². The minimum atomic E-state index is -0.693. The smallest absolute Gasteiger partial charge is 0.122 e. The molecule has 4 heteroatoms. The lowest BCUT2D eigenvalue weighted by molar-refractivity contribution is 0.209. The van der Waals surface area contributed by atoms with Gasteiger partial charge in [-0.2, -0.15) is 0 Å². The first-order valence-electron chi connectivity index (χ1n) is 6.82. The predicted molar refractivity (Wildman–Crippen MR) is 78.3 cm³/mol. The molecule has 0 radical (unpaired) electrons. The van der Waals surface area contributed by atoms with Gasteiger partial charge in [-0.15, -0.1) is 0 Å². The molecule has 1 N–H and O–H groups in total. The fraction of sp³-hybridized carbons (Fsp3) is 0.250. The van der Waals surface area contributed by atoms with Crippen molar-refractivity contribution in [1.29, 1.82) is 0 Å². The zero-order chi connectivity index (χ0) is 13.9. The number of imidazole rings is 1. The number of pyridine rings is 1. The van der Waals surface area contributed by atoms with Crippen molar-refractivity contribution in [3.63, 3.8) is 0 Å². The summed E-state index contributed by atoms with van der Waals surface area (Å²) < 4.78 is 1.99. The van der Waals surface area contributed by atoms with Gasteiger partial charge in [-0.1, -0.05) is 25.1 Å². The molecule has 0 aliphatic rings. The van der Waals surface area contributed by atoms with Crippen LogP contribution in [-0.4, -0.2) is 19.6 Å². The lowest BCUT2D eigenvalue weighted by Gasteiger charge is -2.14. The molecule has 2 heterocycles. The lowest BCUT2D eigenvalue weighted by Crippen LogP contribution is -2.08. The van der Waals surface area contributed by atoms with Gasteiger partial charge in [0.15, 0.2) is 0 Å². The average Bonchev–Trinajstić information content (AvgIpc) is 2.94. The molecule has 20 heavy (non-hydrogen) atoms. The van der Waals surface area contributed by atoms with Crippen LogP contribution in [0.15, 0.2) is 49.1 Å². The van der Waals surface area contributed by atoms with Gasteiger partial charge in [-0.3, -0.25) is 4.98 Å². The fourth-order valence-corrected chi connectivity index (χ4v) is 2.39. The minimum Gasteiger partial charge on any atom is -0.382 e. The molecule has 0 aliphatic heterocycles. The Labute approximate surface area is 117 Å². The second-order valence-electron chi connectivity index (χ2n) is 4.88. The molecule has 0 saturated carbocycles. The number of aliphatic hydroxyl groups is 1. The molecular formula is C16H17N3O. The van der Waals surface area contributed by atoms with E-state index in [1.807, 2.05) is 34.9 Å². The quantitative estimate of drug-likeness (QED) is 0.790. The van der Waals surface area contributed by atoms with Gasteiger partial charge < -0.3 is 9.67 Å². The molecule has 3 rings (SSSR count). The second kappa shape index (κ2) is 5.43. The minimum absolute atomic E-state index is 0.693. The Morgan fingerprint density at radius 2 is 2.10 bits per heavy atom. The van der Waals surface area contributed by atoms with Crippen molar-refractivity contribution < 1.29 is 5.11 Å². The summed E-state index contributed by atoms with van der Waals surface area (Å²) in [6, 6.07) is 9.88. The van der Waals surface area contributed by atoms with E-state index in [0.717, 1.165) is 35.1 Å². The van der Waals surface area contributed by atoms with E-state index in [0.29, 0.717) is 0 Å². The number of nitrogens with zero attached hydrogens (tertiary/aromatic N) is 3. The first-order valence-corrected chi connectivity index (χ1v) is 6.82. The highest BCUT2D eigenvalue weighted by Crippen LogP contribution is 2.24. The molecule has 0 bridgehead atoms. The summed E-state index contributed by atoms with van der Waals surface area (Å²) in [5.74, 6) is 0. The number of fused-ring (bicyclic) bond motifs is 1. The third-order valence-electron chi connectivity index (χ3n) is 3.42. The van der Waals surface area contributed by atoms with Crippen molar-refractivity contribution in [2.75, 3.05) is 0 Å². The number of hydrogen-bond donors (Lipinski definition) is 1. The highest BCUT2D eigenvalue weighted by atomic mass is 16.3. The van der Waals surface area contributed by atoms with E-state index in [9.17, 15) is 5.11 Å². The van der Waals surface area contributed by atoms with Crippen LogP contribution in [0.3, 0.4) is 0 Å². The molecule has 1 aromatic carbocycles. The normalized spacial score (nSPS) is 12.7. The zero-order valence-electron chi connectivity index (χ0n) is 11.4. The molecule has 0 fully saturated rings. The van der Waals surface area contributed by atoms with Crippen molar-refractivity contribution in [2.24, 2.45) is 0 Å². The van der Waals surface area contributed by atoms with E-state index in [1.165, 1.54) is 0 Å². The summed E-state index contributed by atoms with van der Waals surface area (Å²) in [6.45, 7) is 2.96. The molecule has 0 saturated heterocycles. The molecule has 2 aromatic heterocycles. The molecule has 0 amide bonds. The summed E-state index contributed by atoms with van der Waals surface area (Å²) in [5.41, 5.74) is 2.54. The fourth-order valence-electron chi connectivity index (χ4n) is 2.39. The topological polar surface area (TPSA) is 50.9 Å². The van der Waals surface area contributed by atoms with Gasteiger partial charge in [0.05, 0.1) is 23.7 Å². The zero-order valence-corrected chi connectivity index (χ0v) is 11.4. The maximum Gasteiger partial charge on any atom is 0.122 e. The standard InChI is InChI=1S/C16H17N3O/c1-2-7-19-11-17-10-15(19)16(20)13-8-12-5-3-4-6-14(12)18-9-13/h3-6,8-11,16,20H,2,7H2,1H3. The van der Waals surface area contributed by atoms with Gasteiger partial charge in [0, 0.05) is 23.7 Å². The number of aryl methyl sites for hydroxylation is 1. The van der Waals surface area contributed by atoms with Crippen LogP contribution in [0.1, 0.15) is 30.7 Å². The number of rotatable bonds is 4. The maximum atomic E-state index is 10.5. The number of aliphatic hydroxyl groups excluding tert-OH is 1. The van der Waals surface area contributed by atoms with Crippen LogP contribution in [0.5, 0.6) is 0 Å². The Bertz CT molecular complexity index is 720. The molecule has 1 atom stereocenters. The number of benzene rings is 1. The average molecular weight is 267 g/mol. The molecule has 102 valence electrons. The van der Waals surface area contributed by atoms with Gasteiger partial charge in [0.1, 0.15) is 6.10 Å². The van der Waals surface area contributed by atoms with E-state index in [4.69, 9.17) is 0 Å². The van der Waals surface area contributed by atoms with Crippen molar-refractivity contribution in [3.8, 4) is 0 Å². The molecular weight excluding hydrogens is 250 g/mol. The molecule has 1 unspecified atom stereocenters. The van der Waals surface area contributed by atoms with Crippen molar-refractivity contribution in [3.05, 3.63) is 60.3 Å². The second-order valence-corrected chi connectivity index (χ2v) is 4.88. The van der Waals surface area contributed by atoms with Crippen LogP contribution >= 0.6 is 0 Å². The third-order valence-corrected chi connectivity index (χ3v) is 3.42. The Kier molecular flexibility index (Phi) is 3.48. The van der Waals surface area contributed by atoms with E-state index >= 15 is 0 Å². The Hall–Kier alpha value is -2.20. The highest BCUT2D eigenvalue weighted by Gasteiger charge is 2.15. The van der Waals surface area contributed by atoms with Gasteiger partial charge in [0.2, 0.25) is 0 Å². The Morgan fingerprint density at radius 1 is 1.25 bits per heavy atom. The van der Waals surface area contributed by atoms with Crippen LogP contribution in [0.25, 0.3) is 10.9 Å². The Balaban J connectivity index is 1.99. The SMILES string of the molecule is CCCn1cncc1C(O)c1cnc2ccccc2c1. The predicted octanol–water partition coefficient (Wildman–Crippen LogP) is 2.92. The van der Waals surface area contributed by atoms with E-state index in [-0.39, 0.29) is 0 Å². The third kappa shape index (κ3) is 2.30. The van der Waals surface area contributed by atoms with Gasteiger partial charge in [-0.05, 0) is 18.6 Å². The monoisotopic (exact) mass is 267 g/mol. The number of hydrogen-bond acceptors (Lipinski definition) is 3. The maximum absolute atomic E-state index is 10.5. The van der Waals surface area contributed by atoms with Crippen molar-refractivity contribution in [2.45, 2.75) is 26.0 Å². The summed E-state index contributed by atoms with van der Waals surface area (Å²) in [6.07, 6.45) is 5.52. The Morgan fingerprint density at radius 3 is 2.95 bits per heavy atom. The van der Waals surface area contributed by atoms with Crippen LogP contribution in [0, 0.1) is 0 Å². The van der Waals surface area contributed by atoms with E-state index < -0.39 is 6.10 Å². The molecule has 0 spiro atoms. The van der Waals surface area contributed by atoms with Crippen LogP contribution < -0.4 is 0 Å².